The molecule has 0 aromatic heterocycles. The normalized spacial score (nSPS) is 10.9. The minimum absolute atomic E-state index is 0.0712. The first-order valence-corrected chi connectivity index (χ1v) is 10.9. The van der Waals surface area contributed by atoms with Gasteiger partial charge in [0.25, 0.3) is 11.8 Å². The molecule has 0 aliphatic rings. The lowest BCUT2D eigenvalue weighted by Crippen LogP contribution is -2.20. The maximum Gasteiger partial charge on any atom is 0.266 e. The lowest BCUT2D eigenvalue weighted by atomic mass is 10.1. The molecular formula is C27H24ClN3O3. The first-order chi connectivity index (χ1) is 16.2. The monoisotopic (exact) mass is 473 g/mol. The molecule has 0 bridgehead atoms. The van der Waals surface area contributed by atoms with E-state index in [1.165, 1.54) is 6.08 Å². The van der Waals surface area contributed by atoms with Gasteiger partial charge in [-0.1, -0.05) is 53.1 Å². The van der Waals surface area contributed by atoms with Crippen LogP contribution in [0.2, 0.25) is 5.02 Å². The van der Waals surface area contributed by atoms with E-state index in [2.05, 4.69) is 10.6 Å². The topological polar surface area (TPSA) is 91.2 Å². The number of nitrogens with zero attached hydrogens (tertiary/aromatic N) is 1. The van der Waals surface area contributed by atoms with E-state index in [9.17, 15) is 14.9 Å². The van der Waals surface area contributed by atoms with Crippen LogP contribution in [-0.4, -0.2) is 18.4 Å². The van der Waals surface area contributed by atoms with E-state index in [-0.39, 0.29) is 23.1 Å². The number of benzene rings is 3. The zero-order valence-corrected chi connectivity index (χ0v) is 19.9. The zero-order valence-electron chi connectivity index (χ0n) is 19.1. The number of carbonyl (C=O) groups excluding carboxylic acids is 2. The van der Waals surface area contributed by atoms with Gasteiger partial charge in [0.15, 0.2) is 6.61 Å². The minimum Gasteiger partial charge on any atom is -0.482 e. The molecule has 7 heteroatoms. The fourth-order valence-corrected chi connectivity index (χ4v) is 3.40. The Kier molecular flexibility index (Phi) is 8.07. The summed E-state index contributed by atoms with van der Waals surface area (Å²) in [6, 6.07) is 19.7. The highest BCUT2D eigenvalue weighted by atomic mass is 35.5. The first-order valence-electron chi connectivity index (χ1n) is 10.5. The van der Waals surface area contributed by atoms with Gasteiger partial charge in [-0.05, 0) is 68.3 Å². The molecule has 0 aliphatic carbocycles. The molecule has 0 saturated heterocycles. The number of amides is 2. The second kappa shape index (κ2) is 11.2. The van der Waals surface area contributed by atoms with E-state index in [1.807, 2.05) is 57.2 Å². The molecule has 3 rings (SSSR count). The Labute approximate surface area is 203 Å². The quantitative estimate of drug-likeness (QED) is 0.333. The molecule has 3 aromatic carbocycles. The molecule has 2 amide bonds. The summed E-state index contributed by atoms with van der Waals surface area (Å²) in [5.41, 5.74) is 4.93. The maximum atomic E-state index is 12.5. The van der Waals surface area contributed by atoms with Gasteiger partial charge in [-0.2, -0.15) is 5.26 Å². The van der Waals surface area contributed by atoms with Crippen molar-refractivity contribution in [1.29, 1.82) is 5.26 Å². The van der Waals surface area contributed by atoms with E-state index in [1.54, 1.807) is 30.3 Å². The predicted molar refractivity (Wildman–Crippen MR) is 135 cm³/mol. The fraction of sp³-hybridized carbons (Fsp3) is 0.148. The van der Waals surface area contributed by atoms with Crippen molar-refractivity contribution < 1.29 is 14.3 Å². The molecule has 0 saturated carbocycles. The Hall–Kier alpha value is -4.08. The first kappa shape index (κ1) is 24.6. The van der Waals surface area contributed by atoms with E-state index in [4.69, 9.17) is 16.3 Å². The number of carbonyl (C=O) groups is 2. The Morgan fingerprint density at radius 2 is 1.68 bits per heavy atom. The molecule has 0 atom stereocenters. The third-order valence-corrected chi connectivity index (χ3v) is 5.25. The third kappa shape index (κ3) is 6.71. The van der Waals surface area contributed by atoms with E-state index in [0.29, 0.717) is 17.0 Å². The summed E-state index contributed by atoms with van der Waals surface area (Å²) in [7, 11) is 0. The van der Waals surface area contributed by atoms with Gasteiger partial charge in [-0.25, -0.2) is 0 Å². The number of nitrogens with one attached hydrogen (secondary N) is 2. The van der Waals surface area contributed by atoms with Gasteiger partial charge in [0.2, 0.25) is 0 Å². The molecule has 0 aliphatic heterocycles. The highest BCUT2D eigenvalue weighted by Crippen LogP contribution is 2.27. The van der Waals surface area contributed by atoms with Crippen molar-refractivity contribution >= 4 is 40.9 Å². The van der Waals surface area contributed by atoms with Crippen molar-refractivity contribution in [3.63, 3.8) is 0 Å². The lowest BCUT2D eigenvalue weighted by Gasteiger charge is -2.11. The standard InChI is InChI=1S/C27H24ClN3O3/c1-17-4-8-22(9-5-17)30-27(33)21(15-29)13-20-7-11-25(23(28)14-20)34-16-26(32)31-24-10-6-18(2)12-19(24)3/h4-14H,16H2,1-3H3,(H,30,33)(H,31,32)/b21-13-. The molecule has 0 fully saturated rings. The highest BCUT2D eigenvalue weighted by Gasteiger charge is 2.12. The van der Waals surface area contributed by atoms with Crippen LogP contribution in [0.1, 0.15) is 22.3 Å². The van der Waals surface area contributed by atoms with Crippen LogP contribution in [0, 0.1) is 32.1 Å². The fourth-order valence-electron chi connectivity index (χ4n) is 3.16. The van der Waals surface area contributed by atoms with Crippen LogP contribution in [0.15, 0.2) is 66.2 Å². The van der Waals surface area contributed by atoms with Crippen molar-refractivity contribution in [1.82, 2.24) is 0 Å². The third-order valence-electron chi connectivity index (χ3n) is 4.96. The zero-order chi connectivity index (χ0) is 24.7. The van der Waals surface area contributed by atoms with Gasteiger partial charge < -0.3 is 15.4 Å². The summed E-state index contributed by atoms with van der Waals surface area (Å²) in [6.07, 6.45) is 1.44. The predicted octanol–water partition coefficient (Wildman–Crippen LogP) is 5.83. The van der Waals surface area contributed by atoms with Gasteiger partial charge in [0.1, 0.15) is 17.4 Å². The van der Waals surface area contributed by atoms with Gasteiger partial charge in [0.05, 0.1) is 5.02 Å². The SMILES string of the molecule is Cc1ccc(NC(=O)/C(C#N)=C\c2ccc(OCC(=O)Nc3ccc(C)cc3C)c(Cl)c2)cc1. The van der Waals surface area contributed by atoms with Crippen LogP contribution in [-0.2, 0) is 9.59 Å². The molecule has 34 heavy (non-hydrogen) atoms. The molecule has 6 nitrogen and oxygen atoms in total. The van der Waals surface area contributed by atoms with Crippen LogP contribution in [0.4, 0.5) is 11.4 Å². The lowest BCUT2D eigenvalue weighted by molar-refractivity contribution is -0.118. The Morgan fingerprint density at radius 3 is 2.32 bits per heavy atom. The average molecular weight is 474 g/mol. The summed E-state index contributed by atoms with van der Waals surface area (Å²) in [4.78, 5) is 24.7. The van der Waals surface area contributed by atoms with Gasteiger partial charge in [0, 0.05) is 11.4 Å². The average Bonchev–Trinajstić information content (AvgIpc) is 2.80. The van der Waals surface area contributed by atoms with Crippen molar-refractivity contribution in [3.05, 3.63) is 93.5 Å². The Morgan fingerprint density at radius 1 is 0.971 bits per heavy atom. The summed E-state index contributed by atoms with van der Waals surface area (Å²) in [5.74, 6) is -0.519. The van der Waals surface area contributed by atoms with Gasteiger partial charge in [-0.15, -0.1) is 0 Å². The largest absolute Gasteiger partial charge is 0.482 e. The second-order valence-electron chi connectivity index (χ2n) is 7.84. The van der Waals surface area contributed by atoms with Crippen LogP contribution in [0.25, 0.3) is 6.08 Å². The molecular weight excluding hydrogens is 450 g/mol. The van der Waals surface area contributed by atoms with Crippen LogP contribution >= 0.6 is 11.6 Å². The van der Waals surface area contributed by atoms with Crippen molar-refractivity contribution in [2.45, 2.75) is 20.8 Å². The molecule has 0 spiro atoms. The molecule has 0 heterocycles. The number of anilines is 2. The number of halogens is 1. The number of hydrogen-bond donors (Lipinski definition) is 2. The highest BCUT2D eigenvalue weighted by molar-refractivity contribution is 6.32. The molecule has 2 N–H and O–H groups in total. The van der Waals surface area contributed by atoms with Crippen molar-refractivity contribution in [3.8, 4) is 11.8 Å². The summed E-state index contributed by atoms with van der Waals surface area (Å²) in [6.45, 7) is 5.63. The van der Waals surface area contributed by atoms with Crippen LogP contribution in [0.3, 0.4) is 0 Å². The number of ether oxygens (including phenoxy) is 1. The van der Waals surface area contributed by atoms with E-state index >= 15 is 0 Å². The number of hydrogen-bond acceptors (Lipinski definition) is 4. The molecule has 0 unspecified atom stereocenters. The summed E-state index contributed by atoms with van der Waals surface area (Å²) in [5, 5.41) is 15.2. The van der Waals surface area contributed by atoms with Crippen LogP contribution < -0.4 is 15.4 Å². The molecule has 0 radical (unpaired) electrons. The van der Waals surface area contributed by atoms with Crippen molar-refractivity contribution in [2.24, 2.45) is 0 Å². The van der Waals surface area contributed by atoms with E-state index < -0.39 is 5.91 Å². The van der Waals surface area contributed by atoms with E-state index in [0.717, 1.165) is 22.4 Å². The molecule has 3 aromatic rings. The Bertz CT molecular complexity index is 1290. The van der Waals surface area contributed by atoms with Crippen molar-refractivity contribution in [2.75, 3.05) is 17.2 Å². The smallest absolute Gasteiger partial charge is 0.266 e. The van der Waals surface area contributed by atoms with Crippen LogP contribution in [0.5, 0.6) is 5.75 Å². The summed E-state index contributed by atoms with van der Waals surface area (Å²) >= 11 is 6.30. The maximum absolute atomic E-state index is 12.5. The Balaban J connectivity index is 1.63. The van der Waals surface area contributed by atoms with Gasteiger partial charge in [-0.3, -0.25) is 9.59 Å². The second-order valence-corrected chi connectivity index (χ2v) is 8.24. The van der Waals surface area contributed by atoms with Gasteiger partial charge >= 0.3 is 0 Å². The number of aryl methyl sites for hydroxylation is 3. The number of rotatable bonds is 7. The molecule has 172 valence electrons. The minimum atomic E-state index is -0.522. The summed E-state index contributed by atoms with van der Waals surface area (Å²) < 4.78 is 5.55. The number of nitriles is 1.